The molecule has 4 nitrogen and oxygen atoms in total. The van der Waals surface area contributed by atoms with Crippen molar-refractivity contribution in [2.75, 3.05) is 6.61 Å². The maximum Gasteiger partial charge on any atom is 0.125 e. The summed E-state index contributed by atoms with van der Waals surface area (Å²) in [6.07, 6.45) is 1.19. The van der Waals surface area contributed by atoms with Crippen molar-refractivity contribution in [3.8, 4) is 5.75 Å². The van der Waals surface area contributed by atoms with E-state index in [-0.39, 0.29) is 6.61 Å². The Morgan fingerprint density at radius 1 is 0.960 bits per heavy atom. The number of benzene rings is 2. The first-order valence-electron chi connectivity index (χ1n) is 8.66. The maximum absolute atomic E-state index is 10.4. The summed E-state index contributed by atoms with van der Waals surface area (Å²) in [5.74, 6) is 0.867. The van der Waals surface area contributed by atoms with Gasteiger partial charge in [-0.1, -0.05) is 17.7 Å². The normalized spacial score (nSPS) is 12.6. The second-order valence-corrected chi connectivity index (χ2v) is 7.01. The number of rotatable bonds is 5. The van der Waals surface area contributed by atoms with E-state index < -0.39 is 6.10 Å². The third-order valence-corrected chi connectivity index (χ3v) is 4.67. The summed E-state index contributed by atoms with van der Waals surface area (Å²) in [4.78, 5) is 4.44. The van der Waals surface area contributed by atoms with Crippen molar-refractivity contribution in [2.45, 2.75) is 47.3 Å². The van der Waals surface area contributed by atoms with Gasteiger partial charge in [0.2, 0.25) is 0 Å². The summed E-state index contributed by atoms with van der Waals surface area (Å²) in [5, 5.41) is 10.4. The molecule has 4 heteroatoms. The fourth-order valence-electron chi connectivity index (χ4n) is 3.31. The number of imidazole rings is 1. The van der Waals surface area contributed by atoms with E-state index in [1.807, 2.05) is 18.4 Å². The minimum atomic E-state index is -0.598. The highest BCUT2D eigenvalue weighted by Crippen LogP contribution is 2.25. The Balaban J connectivity index is 1.71. The molecular weight excluding hydrogens is 312 g/mol. The smallest absolute Gasteiger partial charge is 0.125 e. The third-order valence-electron chi connectivity index (χ3n) is 4.67. The van der Waals surface area contributed by atoms with Crippen molar-refractivity contribution >= 4 is 11.0 Å². The van der Waals surface area contributed by atoms with E-state index in [1.54, 1.807) is 6.33 Å². The summed E-state index contributed by atoms with van der Waals surface area (Å²) in [5.41, 5.74) is 7.88. The molecule has 1 N–H and O–H groups in total. The Hall–Kier alpha value is -2.33. The number of aliphatic hydroxyl groups excluding tert-OH is 1. The van der Waals surface area contributed by atoms with E-state index >= 15 is 0 Å². The van der Waals surface area contributed by atoms with Gasteiger partial charge in [0.05, 0.1) is 23.9 Å². The molecule has 3 aromatic rings. The molecule has 0 aliphatic heterocycles. The Morgan fingerprint density at radius 3 is 2.28 bits per heavy atom. The highest BCUT2D eigenvalue weighted by atomic mass is 16.5. The summed E-state index contributed by atoms with van der Waals surface area (Å²) in [6.45, 7) is 11.1. The van der Waals surface area contributed by atoms with Gasteiger partial charge in [0.1, 0.15) is 18.5 Å². The number of nitrogens with zero attached hydrogens (tertiary/aromatic N) is 2. The molecule has 0 spiro atoms. The van der Waals surface area contributed by atoms with E-state index in [4.69, 9.17) is 4.74 Å². The van der Waals surface area contributed by atoms with Crippen LogP contribution in [0.25, 0.3) is 11.0 Å². The van der Waals surface area contributed by atoms with Crippen LogP contribution in [0.2, 0.25) is 0 Å². The zero-order chi connectivity index (χ0) is 18.1. The van der Waals surface area contributed by atoms with Gasteiger partial charge in [-0.15, -0.1) is 0 Å². The van der Waals surface area contributed by atoms with Crippen molar-refractivity contribution in [3.63, 3.8) is 0 Å². The van der Waals surface area contributed by atoms with Crippen LogP contribution in [0.1, 0.15) is 27.8 Å². The predicted octanol–water partition coefficient (Wildman–Crippen LogP) is 4.02. The number of aryl methyl sites for hydroxylation is 5. The molecule has 2 aromatic carbocycles. The van der Waals surface area contributed by atoms with Crippen LogP contribution in [0, 0.1) is 34.6 Å². The first kappa shape index (κ1) is 17.5. The van der Waals surface area contributed by atoms with Gasteiger partial charge >= 0.3 is 0 Å². The van der Waals surface area contributed by atoms with Crippen LogP contribution in [0.15, 0.2) is 30.6 Å². The highest BCUT2D eigenvalue weighted by Gasteiger charge is 2.12. The summed E-state index contributed by atoms with van der Waals surface area (Å²) in [7, 11) is 0. The molecule has 0 bridgehead atoms. The van der Waals surface area contributed by atoms with Crippen LogP contribution in [0.5, 0.6) is 5.75 Å². The van der Waals surface area contributed by atoms with E-state index in [0.29, 0.717) is 6.54 Å². The fraction of sp³-hybridized carbons (Fsp3) is 0.381. The molecular formula is C21H26N2O2. The van der Waals surface area contributed by atoms with Crippen LogP contribution in [-0.2, 0) is 6.54 Å². The van der Waals surface area contributed by atoms with Gasteiger partial charge in [0, 0.05) is 0 Å². The zero-order valence-corrected chi connectivity index (χ0v) is 15.6. The molecule has 0 aliphatic carbocycles. The molecule has 1 atom stereocenters. The molecule has 0 saturated heterocycles. The SMILES string of the molecule is Cc1cc(C)c(OC[C@@H](O)Cn2cnc3cc(C)c(C)cc32)c(C)c1. The minimum absolute atomic E-state index is 0.259. The van der Waals surface area contributed by atoms with Crippen LogP contribution >= 0.6 is 0 Å². The van der Waals surface area contributed by atoms with Crippen LogP contribution in [0.4, 0.5) is 0 Å². The number of ether oxygens (including phenoxy) is 1. The fourth-order valence-corrected chi connectivity index (χ4v) is 3.31. The molecule has 0 radical (unpaired) electrons. The van der Waals surface area contributed by atoms with Gasteiger partial charge in [-0.05, 0) is 69.0 Å². The lowest BCUT2D eigenvalue weighted by molar-refractivity contribution is 0.0927. The van der Waals surface area contributed by atoms with Gasteiger partial charge in [-0.3, -0.25) is 0 Å². The molecule has 3 rings (SSSR count). The van der Waals surface area contributed by atoms with Crippen molar-refractivity contribution in [2.24, 2.45) is 0 Å². The van der Waals surface area contributed by atoms with E-state index in [1.165, 1.54) is 16.7 Å². The monoisotopic (exact) mass is 338 g/mol. The Labute approximate surface area is 149 Å². The summed E-state index contributed by atoms with van der Waals surface area (Å²) >= 11 is 0. The Morgan fingerprint density at radius 2 is 1.60 bits per heavy atom. The standard InChI is InChI=1S/C21H26N2O2/c1-13-6-16(4)21(17(5)7-13)25-11-18(24)10-23-12-22-19-8-14(2)15(3)9-20(19)23/h6-9,12,18,24H,10-11H2,1-5H3/t18-/m0/s1. The molecule has 0 aliphatic rings. The maximum atomic E-state index is 10.4. The minimum Gasteiger partial charge on any atom is -0.490 e. The van der Waals surface area contributed by atoms with E-state index in [2.05, 4.69) is 50.0 Å². The molecule has 1 heterocycles. The van der Waals surface area contributed by atoms with Crippen LogP contribution in [0.3, 0.4) is 0 Å². The zero-order valence-electron chi connectivity index (χ0n) is 15.6. The second-order valence-electron chi connectivity index (χ2n) is 7.01. The third kappa shape index (κ3) is 3.69. The lowest BCUT2D eigenvalue weighted by Crippen LogP contribution is -2.23. The second kappa shape index (κ2) is 6.89. The molecule has 132 valence electrons. The van der Waals surface area contributed by atoms with Crippen molar-refractivity contribution in [3.05, 3.63) is 58.4 Å². The molecule has 0 amide bonds. The first-order chi connectivity index (χ1) is 11.8. The quantitative estimate of drug-likeness (QED) is 0.764. The number of aromatic nitrogens is 2. The lowest BCUT2D eigenvalue weighted by atomic mass is 10.1. The van der Waals surface area contributed by atoms with Gasteiger partial charge in [0.15, 0.2) is 0 Å². The first-order valence-corrected chi connectivity index (χ1v) is 8.66. The molecule has 0 saturated carbocycles. The van der Waals surface area contributed by atoms with Gasteiger partial charge in [-0.25, -0.2) is 4.98 Å². The molecule has 0 unspecified atom stereocenters. The number of aliphatic hydroxyl groups is 1. The topological polar surface area (TPSA) is 47.3 Å². The van der Waals surface area contributed by atoms with Gasteiger partial charge < -0.3 is 14.4 Å². The predicted molar refractivity (Wildman–Crippen MR) is 101 cm³/mol. The largest absolute Gasteiger partial charge is 0.490 e. The Bertz CT molecular complexity index is 889. The number of fused-ring (bicyclic) bond motifs is 1. The summed E-state index contributed by atoms with van der Waals surface area (Å²) < 4.78 is 7.90. The van der Waals surface area contributed by atoms with Gasteiger partial charge in [0.25, 0.3) is 0 Å². The van der Waals surface area contributed by atoms with Crippen molar-refractivity contribution < 1.29 is 9.84 Å². The number of hydrogen-bond donors (Lipinski definition) is 1. The van der Waals surface area contributed by atoms with Crippen LogP contribution < -0.4 is 4.74 Å². The molecule has 25 heavy (non-hydrogen) atoms. The van der Waals surface area contributed by atoms with E-state index in [9.17, 15) is 5.11 Å². The molecule has 1 aromatic heterocycles. The van der Waals surface area contributed by atoms with Crippen molar-refractivity contribution in [1.29, 1.82) is 0 Å². The van der Waals surface area contributed by atoms with E-state index in [0.717, 1.165) is 27.9 Å². The average Bonchev–Trinajstić information content (AvgIpc) is 2.88. The average molecular weight is 338 g/mol. The van der Waals surface area contributed by atoms with Crippen molar-refractivity contribution in [1.82, 2.24) is 9.55 Å². The number of hydrogen-bond acceptors (Lipinski definition) is 3. The van der Waals surface area contributed by atoms with Crippen LogP contribution in [-0.4, -0.2) is 27.4 Å². The highest BCUT2D eigenvalue weighted by molar-refractivity contribution is 5.77. The molecule has 0 fully saturated rings. The lowest BCUT2D eigenvalue weighted by Gasteiger charge is -2.17. The Kier molecular flexibility index (Phi) is 4.82. The van der Waals surface area contributed by atoms with Gasteiger partial charge in [-0.2, -0.15) is 0 Å². The summed E-state index contributed by atoms with van der Waals surface area (Å²) in [6, 6.07) is 8.41.